The molecule has 21 heavy (non-hydrogen) atoms. The Balaban J connectivity index is 2.21. The quantitative estimate of drug-likeness (QED) is 0.792. The molecule has 112 valence electrons. The van der Waals surface area contributed by atoms with E-state index in [1.807, 2.05) is 0 Å². The predicted octanol–water partition coefficient (Wildman–Crippen LogP) is 4.29. The molecule has 0 bridgehead atoms. The molecule has 1 atom stereocenters. The van der Waals surface area contributed by atoms with Crippen LogP contribution in [0.1, 0.15) is 24.1 Å². The van der Waals surface area contributed by atoms with Crippen LogP contribution in [0.5, 0.6) is 11.5 Å². The summed E-state index contributed by atoms with van der Waals surface area (Å²) in [5.74, 6) is -0.204. The number of hydrogen-bond acceptors (Lipinski definition) is 3. The highest BCUT2D eigenvalue weighted by Gasteiger charge is 2.30. The zero-order valence-corrected chi connectivity index (χ0v) is 11.1. The third-order valence-corrected chi connectivity index (χ3v) is 3.05. The first-order valence-corrected chi connectivity index (χ1v) is 6.23. The van der Waals surface area contributed by atoms with E-state index in [-0.39, 0.29) is 11.5 Å². The number of aromatic hydroxyl groups is 2. The van der Waals surface area contributed by atoms with Gasteiger partial charge in [0, 0.05) is 17.3 Å². The number of rotatable bonds is 3. The van der Waals surface area contributed by atoms with Crippen LogP contribution in [-0.2, 0) is 6.18 Å². The zero-order valence-electron chi connectivity index (χ0n) is 11.1. The summed E-state index contributed by atoms with van der Waals surface area (Å²) in [5, 5.41) is 21.9. The third-order valence-electron chi connectivity index (χ3n) is 3.05. The minimum absolute atomic E-state index is 0.0810. The van der Waals surface area contributed by atoms with Crippen LogP contribution in [0.3, 0.4) is 0 Å². The highest BCUT2D eigenvalue weighted by Crippen LogP contribution is 2.33. The van der Waals surface area contributed by atoms with Gasteiger partial charge in [-0.2, -0.15) is 13.2 Å². The molecule has 0 radical (unpaired) electrons. The number of anilines is 1. The smallest absolute Gasteiger partial charge is 0.416 e. The summed E-state index contributed by atoms with van der Waals surface area (Å²) in [5.41, 5.74) is 0.0321. The summed E-state index contributed by atoms with van der Waals surface area (Å²) in [6.07, 6.45) is -4.40. The van der Waals surface area contributed by atoms with Crippen molar-refractivity contribution in [3.8, 4) is 11.5 Å². The fraction of sp³-hybridized carbons (Fsp3) is 0.200. The SMILES string of the molecule is CC(Nc1cccc(C(F)(F)F)c1)c1ccc(O)cc1O. The zero-order chi connectivity index (χ0) is 15.6. The van der Waals surface area contributed by atoms with E-state index < -0.39 is 17.8 Å². The molecule has 3 N–H and O–H groups in total. The van der Waals surface area contributed by atoms with Crippen LogP contribution in [-0.4, -0.2) is 10.2 Å². The van der Waals surface area contributed by atoms with Gasteiger partial charge in [0.05, 0.1) is 11.6 Å². The number of halogens is 3. The van der Waals surface area contributed by atoms with Gasteiger partial charge in [-0.1, -0.05) is 6.07 Å². The molecule has 2 aromatic rings. The summed E-state index contributed by atoms with van der Waals surface area (Å²) in [7, 11) is 0. The molecule has 0 heterocycles. The molecule has 0 aliphatic carbocycles. The maximum atomic E-state index is 12.6. The van der Waals surface area contributed by atoms with Crippen LogP contribution in [0.2, 0.25) is 0 Å². The van der Waals surface area contributed by atoms with E-state index in [2.05, 4.69) is 5.32 Å². The van der Waals surface area contributed by atoms with E-state index in [0.29, 0.717) is 11.3 Å². The molecular formula is C15H14F3NO2. The molecule has 0 fully saturated rings. The second-order valence-corrected chi connectivity index (χ2v) is 4.69. The van der Waals surface area contributed by atoms with Gasteiger partial charge in [-0.3, -0.25) is 0 Å². The third kappa shape index (κ3) is 3.59. The van der Waals surface area contributed by atoms with E-state index in [0.717, 1.165) is 12.1 Å². The highest BCUT2D eigenvalue weighted by atomic mass is 19.4. The Morgan fingerprint density at radius 3 is 2.38 bits per heavy atom. The number of hydrogen-bond donors (Lipinski definition) is 3. The van der Waals surface area contributed by atoms with Crippen LogP contribution in [0, 0.1) is 0 Å². The Morgan fingerprint density at radius 2 is 1.76 bits per heavy atom. The molecule has 0 saturated carbocycles. The lowest BCUT2D eigenvalue weighted by atomic mass is 10.1. The van der Waals surface area contributed by atoms with Crippen molar-refractivity contribution in [1.29, 1.82) is 0 Å². The van der Waals surface area contributed by atoms with Gasteiger partial charge in [-0.15, -0.1) is 0 Å². The molecular weight excluding hydrogens is 283 g/mol. The minimum Gasteiger partial charge on any atom is -0.508 e. The Morgan fingerprint density at radius 1 is 1.05 bits per heavy atom. The molecule has 0 aliphatic rings. The first-order valence-electron chi connectivity index (χ1n) is 6.23. The molecule has 3 nitrogen and oxygen atoms in total. The van der Waals surface area contributed by atoms with Gasteiger partial charge in [0.2, 0.25) is 0 Å². The number of alkyl halides is 3. The molecule has 2 aromatic carbocycles. The summed E-state index contributed by atoms with van der Waals surface area (Å²) < 4.78 is 37.9. The minimum atomic E-state index is -4.40. The van der Waals surface area contributed by atoms with Gasteiger partial charge in [0.25, 0.3) is 0 Å². The normalized spacial score (nSPS) is 13.0. The van der Waals surface area contributed by atoms with Gasteiger partial charge < -0.3 is 15.5 Å². The molecule has 0 spiro atoms. The Labute approximate surface area is 119 Å². The van der Waals surface area contributed by atoms with Crippen molar-refractivity contribution in [3.05, 3.63) is 53.6 Å². The molecule has 6 heteroatoms. The van der Waals surface area contributed by atoms with Gasteiger partial charge in [-0.05, 0) is 37.3 Å². The fourth-order valence-electron chi connectivity index (χ4n) is 2.01. The van der Waals surface area contributed by atoms with Crippen molar-refractivity contribution in [2.45, 2.75) is 19.1 Å². The monoisotopic (exact) mass is 297 g/mol. The maximum Gasteiger partial charge on any atom is 0.416 e. The number of phenolic OH excluding ortho intramolecular Hbond substituents is 2. The van der Waals surface area contributed by atoms with Crippen molar-refractivity contribution in [1.82, 2.24) is 0 Å². The largest absolute Gasteiger partial charge is 0.508 e. The van der Waals surface area contributed by atoms with Crippen molar-refractivity contribution in [2.24, 2.45) is 0 Å². The summed E-state index contributed by atoms with van der Waals surface area (Å²) >= 11 is 0. The van der Waals surface area contributed by atoms with E-state index in [4.69, 9.17) is 0 Å². The Kier molecular flexibility index (Phi) is 3.97. The van der Waals surface area contributed by atoms with Gasteiger partial charge in [0.1, 0.15) is 11.5 Å². The fourth-order valence-corrected chi connectivity index (χ4v) is 2.01. The Hall–Kier alpha value is -2.37. The lowest BCUT2D eigenvalue weighted by molar-refractivity contribution is -0.137. The van der Waals surface area contributed by atoms with Gasteiger partial charge >= 0.3 is 6.18 Å². The van der Waals surface area contributed by atoms with Crippen molar-refractivity contribution < 1.29 is 23.4 Å². The van der Waals surface area contributed by atoms with Crippen LogP contribution >= 0.6 is 0 Å². The predicted molar refractivity (Wildman–Crippen MR) is 73.3 cm³/mol. The first kappa shape index (κ1) is 15.0. The summed E-state index contributed by atoms with van der Waals surface area (Å²) in [6.45, 7) is 1.70. The molecule has 0 aromatic heterocycles. The second kappa shape index (κ2) is 5.55. The topological polar surface area (TPSA) is 52.5 Å². The second-order valence-electron chi connectivity index (χ2n) is 4.69. The average molecular weight is 297 g/mol. The highest BCUT2D eigenvalue weighted by molar-refractivity contribution is 5.50. The lowest BCUT2D eigenvalue weighted by Gasteiger charge is -2.18. The molecule has 0 aliphatic heterocycles. The van der Waals surface area contributed by atoms with Crippen molar-refractivity contribution in [2.75, 3.05) is 5.32 Å². The van der Waals surface area contributed by atoms with Crippen molar-refractivity contribution >= 4 is 5.69 Å². The van der Waals surface area contributed by atoms with E-state index in [1.54, 1.807) is 6.92 Å². The average Bonchev–Trinajstić information content (AvgIpc) is 2.37. The summed E-state index contributed by atoms with van der Waals surface area (Å²) in [4.78, 5) is 0. The molecule has 1 unspecified atom stereocenters. The molecule has 2 rings (SSSR count). The Bertz CT molecular complexity index is 641. The number of phenols is 2. The van der Waals surface area contributed by atoms with E-state index in [1.165, 1.54) is 30.3 Å². The van der Waals surface area contributed by atoms with Crippen LogP contribution in [0.4, 0.5) is 18.9 Å². The first-order chi connectivity index (χ1) is 9.77. The van der Waals surface area contributed by atoms with E-state index in [9.17, 15) is 23.4 Å². The van der Waals surface area contributed by atoms with Crippen LogP contribution < -0.4 is 5.32 Å². The van der Waals surface area contributed by atoms with Gasteiger partial charge in [0.15, 0.2) is 0 Å². The van der Waals surface area contributed by atoms with Crippen LogP contribution in [0.25, 0.3) is 0 Å². The van der Waals surface area contributed by atoms with Crippen LogP contribution in [0.15, 0.2) is 42.5 Å². The molecule has 0 amide bonds. The molecule has 0 saturated heterocycles. The standard InChI is InChI=1S/C15H14F3NO2/c1-9(13-6-5-12(20)8-14(13)21)19-11-4-2-3-10(7-11)15(16,17)18/h2-9,19-21H,1H3. The lowest BCUT2D eigenvalue weighted by Crippen LogP contribution is -2.09. The van der Waals surface area contributed by atoms with Gasteiger partial charge in [-0.25, -0.2) is 0 Å². The summed E-state index contributed by atoms with van der Waals surface area (Å²) in [6, 6.07) is 8.50. The van der Waals surface area contributed by atoms with Crippen molar-refractivity contribution in [3.63, 3.8) is 0 Å². The maximum absolute atomic E-state index is 12.6. The van der Waals surface area contributed by atoms with E-state index >= 15 is 0 Å². The number of nitrogens with one attached hydrogen (secondary N) is 1. The number of benzene rings is 2.